The molecule has 0 spiro atoms. The lowest BCUT2D eigenvalue weighted by Gasteiger charge is -2.11. The second-order valence-electron chi connectivity index (χ2n) is 2.97. The Morgan fingerprint density at radius 1 is 1.54 bits per heavy atom. The third kappa shape index (κ3) is 2.93. The Bertz CT molecular complexity index is 246. The first-order valence-electron chi connectivity index (χ1n) is 4.56. The first-order chi connectivity index (χ1) is 6.26. The molecule has 1 aromatic heterocycles. The van der Waals surface area contributed by atoms with Crippen molar-refractivity contribution in [1.82, 2.24) is 4.98 Å². The molecule has 1 N–H and O–H groups in total. The SMILES string of the molecule is CCC(C)Oc1ccc(NC)cn1. The van der Waals surface area contributed by atoms with Crippen LogP contribution in [0, 0.1) is 0 Å². The third-order valence-electron chi connectivity index (χ3n) is 1.92. The van der Waals surface area contributed by atoms with Crippen molar-refractivity contribution in [3.05, 3.63) is 18.3 Å². The molecule has 0 amide bonds. The van der Waals surface area contributed by atoms with Crippen LogP contribution in [0.15, 0.2) is 18.3 Å². The highest BCUT2D eigenvalue weighted by molar-refractivity contribution is 5.41. The van der Waals surface area contributed by atoms with Gasteiger partial charge in [0.05, 0.1) is 18.0 Å². The molecule has 0 bridgehead atoms. The van der Waals surface area contributed by atoms with Gasteiger partial charge in [0.2, 0.25) is 5.88 Å². The highest BCUT2D eigenvalue weighted by Gasteiger charge is 2.01. The first kappa shape index (κ1) is 9.84. The highest BCUT2D eigenvalue weighted by atomic mass is 16.5. The van der Waals surface area contributed by atoms with E-state index in [4.69, 9.17) is 4.74 Å². The van der Waals surface area contributed by atoms with E-state index in [2.05, 4.69) is 17.2 Å². The summed E-state index contributed by atoms with van der Waals surface area (Å²) in [6, 6.07) is 3.82. The molecule has 0 fully saturated rings. The van der Waals surface area contributed by atoms with Crippen molar-refractivity contribution in [2.45, 2.75) is 26.4 Å². The van der Waals surface area contributed by atoms with Gasteiger partial charge in [-0.3, -0.25) is 0 Å². The van der Waals surface area contributed by atoms with E-state index in [1.165, 1.54) is 0 Å². The van der Waals surface area contributed by atoms with E-state index in [-0.39, 0.29) is 6.10 Å². The van der Waals surface area contributed by atoms with Crippen molar-refractivity contribution >= 4 is 5.69 Å². The Balaban J connectivity index is 2.58. The fourth-order valence-corrected chi connectivity index (χ4v) is 0.887. The maximum atomic E-state index is 5.52. The summed E-state index contributed by atoms with van der Waals surface area (Å²) < 4.78 is 5.52. The molecule has 0 aliphatic carbocycles. The average molecular weight is 180 g/mol. The van der Waals surface area contributed by atoms with Gasteiger partial charge in [-0.15, -0.1) is 0 Å². The smallest absolute Gasteiger partial charge is 0.213 e. The van der Waals surface area contributed by atoms with Crippen molar-refractivity contribution in [2.75, 3.05) is 12.4 Å². The van der Waals surface area contributed by atoms with Crippen LogP contribution in [-0.4, -0.2) is 18.1 Å². The second kappa shape index (κ2) is 4.70. The third-order valence-corrected chi connectivity index (χ3v) is 1.92. The Kier molecular flexibility index (Phi) is 3.55. The first-order valence-corrected chi connectivity index (χ1v) is 4.56. The largest absolute Gasteiger partial charge is 0.475 e. The molecule has 0 saturated heterocycles. The molecule has 0 aliphatic heterocycles. The van der Waals surface area contributed by atoms with Gasteiger partial charge in [0.15, 0.2) is 0 Å². The number of ether oxygens (including phenoxy) is 1. The number of nitrogens with one attached hydrogen (secondary N) is 1. The maximum Gasteiger partial charge on any atom is 0.213 e. The van der Waals surface area contributed by atoms with Gasteiger partial charge in [-0.1, -0.05) is 6.92 Å². The molecule has 3 heteroatoms. The van der Waals surface area contributed by atoms with Gasteiger partial charge < -0.3 is 10.1 Å². The average Bonchev–Trinajstić information content (AvgIpc) is 2.19. The van der Waals surface area contributed by atoms with Crippen LogP contribution in [0.2, 0.25) is 0 Å². The molecule has 1 unspecified atom stereocenters. The maximum absolute atomic E-state index is 5.52. The topological polar surface area (TPSA) is 34.1 Å². The molecule has 1 aromatic rings. The minimum atomic E-state index is 0.230. The van der Waals surface area contributed by atoms with Gasteiger partial charge in [0.1, 0.15) is 0 Å². The van der Waals surface area contributed by atoms with Gasteiger partial charge in [-0.25, -0.2) is 4.98 Å². The summed E-state index contributed by atoms with van der Waals surface area (Å²) in [5.74, 6) is 0.688. The van der Waals surface area contributed by atoms with Crippen LogP contribution in [0.3, 0.4) is 0 Å². The fraction of sp³-hybridized carbons (Fsp3) is 0.500. The molecule has 0 aromatic carbocycles. The standard InChI is InChI=1S/C10H16N2O/c1-4-8(2)13-10-6-5-9(11-3)7-12-10/h5-8,11H,4H2,1-3H3. The zero-order valence-electron chi connectivity index (χ0n) is 8.37. The van der Waals surface area contributed by atoms with Crippen molar-refractivity contribution in [3.8, 4) is 5.88 Å². The fourth-order valence-electron chi connectivity index (χ4n) is 0.887. The summed E-state index contributed by atoms with van der Waals surface area (Å²) in [6.07, 6.45) is 2.99. The summed E-state index contributed by atoms with van der Waals surface area (Å²) in [5, 5.41) is 3.00. The van der Waals surface area contributed by atoms with Gasteiger partial charge in [0, 0.05) is 13.1 Å². The molecule has 72 valence electrons. The number of rotatable bonds is 4. The van der Waals surface area contributed by atoms with Gasteiger partial charge in [-0.2, -0.15) is 0 Å². The Labute approximate surface area is 79.1 Å². The van der Waals surface area contributed by atoms with Crippen molar-refractivity contribution in [3.63, 3.8) is 0 Å². The summed E-state index contributed by atoms with van der Waals surface area (Å²) >= 11 is 0. The zero-order chi connectivity index (χ0) is 9.68. The van der Waals surface area contributed by atoms with Gasteiger partial charge >= 0.3 is 0 Å². The normalized spacial score (nSPS) is 12.2. The predicted molar refractivity (Wildman–Crippen MR) is 54.2 cm³/mol. The van der Waals surface area contributed by atoms with Crippen LogP contribution in [0.1, 0.15) is 20.3 Å². The molecule has 1 rings (SSSR count). The molecular weight excluding hydrogens is 164 g/mol. The van der Waals surface area contributed by atoms with Crippen LogP contribution < -0.4 is 10.1 Å². The van der Waals surface area contributed by atoms with E-state index in [1.807, 2.05) is 26.1 Å². The quantitative estimate of drug-likeness (QED) is 0.772. The summed E-state index contributed by atoms with van der Waals surface area (Å²) in [7, 11) is 1.87. The lowest BCUT2D eigenvalue weighted by atomic mass is 10.3. The molecule has 1 atom stereocenters. The number of anilines is 1. The Hall–Kier alpha value is -1.25. The van der Waals surface area contributed by atoms with Crippen LogP contribution >= 0.6 is 0 Å². The van der Waals surface area contributed by atoms with Crippen molar-refractivity contribution in [2.24, 2.45) is 0 Å². The zero-order valence-corrected chi connectivity index (χ0v) is 8.37. The van der Waals surface area contributed by atoms with E-state index < -0.39 is 0 Å². The highest BCUT2D eigenvalue weighted by Crippen LogP contribution is 2.12. The van der Waals surface area contributed by atoms with E-state index in [9.17, 15) is 0 Å². The molecule has 1 heterocycles. The molecular formula is C10H16N2O. The molecule has 3 nitrogen and oxygen atoms in total. The lowest BCUT2D eigenvalue weighted by molar-refractivity contribution is 0.208. The Morgan fingerprint density at radius 2 is 2.31 bits per heavy atom. The summed E-state index contributed by atoms with van der Waals surface area (Å²) in [5.41, 5.74) is 0.997. The number of aromatic nitrogens is 1. The monoisotopic (exact) mass is 180 g/mol. The molecule has 0 radical (unpaired) electrons. The van der Waals surface area contributed by atoms with Gasteiger partial charge in [-0.05, 0) is 19.4 Å². The number of hydrogen-bond acceptors (Lipinski definition) is 3. The minimum Gasteiger partial charge on any atom is -0.475 e. The lowest BCUT2D eigenvalue weighted by Crippen LogP contribution is -2.10. The van der Waals surface area contributed by atoms with E-state index >= 15 is 0 Å². The number of hydrogen-bond donors (Lipinski definition) is 1. The molecule has 0 saturated carbocycles. The van der Waals surface area contributed by atoms with Crippen LogP contribution in [0.4, 0.5) is 5.69 Å². The van der Waals surface area contributed by atoms with Crippen LogP contribution in [0.5, 0.6) is 5.88 Å². The van der Waals surface area contributed by atoms with Crippen LogP contribution in [-0.2, 0) is 0 Å². The minimum absolute atomic E-state index is 0.230. The van der Waals surface area contributed by atoms with Crippen molar-refractivity contribution in [1.29, 1.82) is 0 Å². The van der Waals surface area contributed by atoms with E-state index in [0.717, 1.165) is 12.1 Å². The van der Waals surface area contributed by atoms with E-state index in [1.54, 1.807) is 6.20 Å². The Morgan fingerprint density at radius 3 is 2.77 bits per heavy atom. The molecule has 13 heavy (non-hydrogen) atoms. The predicted octanol–water partition coefficient (Wildman–Crippen LogP) is 2.30. The molecule has 0 aliphatic rings. The number of pyridine rings is 1. The van der Waals surface area contributed by atoms with E-state index in [0.29, 0.717) is 5.88 Å². The van der Waals surface area contributed by atoms with Crippen LogP contribution in [0.25, 0.3) is 0 Å². The summed E-state index contributed by atoms with van der Waals surface area (Å²) in [4.78, 5) is 4.15. The second-order valence-corrected chi connectivity index (χ2v) is 2.97. The summed E-state index contributed by atoms with van der Waals surface area (Å²) in [6.45, 7) is 4.13. The van der Waals surface area contributed by atoms with Gasteiger partial charge in [0.25, 0.3) is 0 Å². The van der Waals surface area contributed by atoms with Crippen molar-refractivity contribution < 1.29 is 4.74 Å². The number of nitrogens with zero attached hydrogens (tertiary/aromatic N) is 1.